The van der Waals surface area contributed by atoms with Crippen LogP contribution < -0.4 is 29.5 Å². The van der Waals surface area contributed by atoms with Gasteiger partial charge in [0.15, 0.2) is 17.4 Å². The Morgan fingerprint density at radius 2 is 1.33 bits per heavy atom. The minimum atomic E-state index is -0.153. The largest absolute Gasteiger partial charge is 1.00 e. The van der Waals surface area contributed by atoms with Crippen LogP contribution in [-0.4, -0.2) is 68.0 Å². The maximum atomic E-state index is 11.1. The Labute approximate surface area is 242 Å². The molecule has 0 atom stereocenters. The van der Waals surface area contributed by atoms with Crippen LogP contribution in [0.1, 0.15) is 56.3 Å². The molecule has 3 rings (SSSR count). The van der Waals surface area contributed by atoms with E-state index in [0.717, 1.165) is 37.6 Å². The molecule has 0 aromatic heterocycles. The maximum absolute atomic E-state index is 11.1. The van der Waals surface area contributed by atoms with Crippen LogP contribution in [0.5, 0.6) is 0 Å². The molecule has 3 N–H and O–H groups in total. The van der Waals surface area contributed by atoms with E-state index >= 15 is 0 Å². The monoisotopic (exact) mass is 510 g/mol. The smallest absolute Gasteiger partial charge is 1.00 e. The van der Waals surface area contributed by atoms with E-state index in [1.165, 1.54) is 35.1 Å². The summed E-state index contributed by atoms with van der Waals surface area (Å²) >= 11 is 0. The second kappa shape index (κ2) is 22.7. The Hall–Kier alpha value is -1.44. The molecule has 0 unspecified atom stereocenters. The number of benzene rings is 2. The molecule has 1 aliphatic rings. The fraction of sp³-hybridized carbons (Fsp3) is 0.536. The van der Waals surface area contributed by atoms with Crippen LogP contribution in [0.3, 0.4) is 0 Å². The number of hydrogen-bond acceptors (Lipinski definition) is 6. The van der Waals surface area contributed by atoms with Crippen LogP contribution in [0, 0.1) is 27.7 Å². The Morgan fingerprint density at radius 3 is 1.69 bits per heavy atom. The summed E-state index contributed by atoms with van der Waals surface area (Å²) < 4.78 is 9.79. The fourth-order valence-corrected chi connectivity index (χ4v) is 3.52. The summed E-state index contributed by atoms with van der Waals surface area (Å²) in [6.07, 6.45) is 3.76. The van der Waals surface area contributed by atoms with Gasteiger partial charge in [0, 0.05) is 44.3 Å². The van der Waals surface area contributed by atoms with Crippen molar-refractivity contribution in [2.75, 3.05) is 50.2 Å². The maximum Gasteiger partial charge on any atom is 1.00 e. The van der Waals surface area contributed by atoms with Crippen LogP contribution in [-0.2, 0) is 14.3 Å². The first-order chi connectivity index (χ1) is 16.3. The van der Waals surface area contributed by atoms with Crippen LogP contribution in [0.25, 0.3) is 0 Å². The van der Waals surface area contributed by atoms with Crippen molar-refractivity contribution in [1.82, 2.24) is 0 Å². The number of rotatable bonds is 9. The molecular weight excluding hydrogens is 462 g/mol. The van der Waals surface area contributed by atoms with E-state index in [9.17, 15) is 4.79 Å². The zero-order valence-electron chi connectivity index (χ0n) is 23.7. The molecular formula is C28H48AlLiN2O4. The first-order valence-electron chi connectivity index (χ1n) is 12.3. The van der Waals surface area contributed by atoms with Gasteiger partial charge in [-0.1, -0.05) is 12.1 Å². The predicted molar refractivity (Wildman–Crippen MR) is 153 cm³/mol. The first kappa shape index (κ1) is 36.7. The third-order valence-electron chi connectivity index (χ3n) is 4.90. The molecule has 0 bridgehead atoms. The molecule has 0 radical (unpaired) electrons. The third kappa shape index (κ3) is 18.8. The average Bonchev–Trinajstić information content (AvgIpc) is 3.34. The van der Waals surface area contributed by atoms with Crippen molar-refractivity contribution in [1.29, 1.82) is 0 Å². The Kier molecular flexibility index (Phi) is 23.2. The molecule has 8 heteroatoms. The molecule has 2 aromatic rings. The number of aliphatic hydroxyl groups excluding tert-OH is 1. The van der Waals surface area contributed by atoms with E-state index in [1.54, 1.807) is 0 Å². The van der Waals surface area contributed by atoms with Crippen molar-refractivity contribution in [2.45, 2.75) is 60.3 Å². The van der Waals surface area contributed by atoms with Gasteiger partial charge in [0.1, 0.15) is 0 Å². The van der Waals surface area contributed by atoms with Gasteiger partial charge in [0.05, 0.1) is 13.0 Å². The molecule has 6 nitrogen and oxygen atoms in total. The number of aliphatic hydroxyl groups is 1. The molecule has 0 amide bonds. The van der Waals surface area contributed by atoms with Gasteiger partial charge in [0.2, 0.25) is 0 Å². The number of esters is 1. The van der Waals surface area contributed by atoms with Gasteiger partial charge in [0.25, 0.3) is 0 Å². The van der Waals surface area contributed by atoms with Gasteiger partial charge in [-0.2, -0.15) is 0 Å². The molecule has 1 aliphatic heterocycles. The average molecular weight is 511 g/mol. The van der Waals surface area contributed by atoms with Crippen molar-refractivity contribution >= 4 is 34.7 Å². The minimum absolute atomic E-state index is 0. The first-order valence-corrected chi connectivity index (χ1v) is 12.3. The third-order valence-corrected chi connectivity index (χ3v) is 4.90. The number of carbonyl (C=O) groups excluding carboxylic acids is 1. The van der Waals surface area contributed by atoms with Crippen LogP contribution in [0.2, 0.25) is 0 Å². The van der Waals surface area contributed by atoms with Gasteiger partial charge in [-0.25, -0.2) is 0 Å². The van der Waals surface area contributed by atoms with Crippen molar-refractivity contribution in [3.63, 3.8) is 0 Å². The minimum Gasteiger partial charge on any atom is -1.00 e. The van der Waals surface area contributed by atoms with Gasteiger partial charge >= 0.3 is 24.8 Å². The second-order valence-electron chi connectivity index (χ2n) is 8.56. The summed E-state index contributed by atoms with van der Waals surface area (Å²) in [4.78, 5) is 11.1. The second-order valence-corrected chi connectivity index (χ2v) is 8.56. The number of aryl methyl sites for hydroxylation is 4. The van der Waals surface area contributed by atoms with Crippen LogP contribution in [0.15, 0.2) is 36.4 Å². The zero-order chi connectivity index (χ0) is 25.2. The molecule has 1 saturated heterocycles. The SMILES string of the molecule is C1CCOC1.CCOC(=O)CCNc1cc(C)cc(C)c1.Cc1cc(C)cc(NCCCO)c1.[AlH3].[H-].[Li+]. The number of carbonyl (C=O) groups is 1. The number of anilines is 2. The molecule has 1 heterocycles. The van der Waals surface area contributed by atoms with Crippen LogP contribution in [0.4, 0.5) is 11.4 Å². The van der Waals surface area contributed by atoms with Crippen molar-refractivity contribution in [3.05, 3.63) is 58.7 Å². The van der Waals surface area contributed by atoms with Crippen LogP contribution >= 0.6 is 0 Å². The number of hydrogen-bond donors (Lipinski definition) is 3. The number of ether oxygens (including phenoxy) is 2. The summed E-state index contributed by atoms with van der Waals surface area (Å²) in [6, 6.07) is 12.6. The molecule has 36 heavy (non-hydrogen) atoms. The van der Waals surface area contributed by atoms with Gasteiger partial charge < -0.3 is 26.6 Å². The van der Waals surface area contributed by atoms with Crippen molar-refractivity contribution in [3.8, 4) is 0 Å². The van der Waals surface area contributed by atoms with E-state index in [1.807, 2.05) is 6.92 Å². The molecule has 0 spiro atoms. The fourth-order valence-electron chi connectivity index (χ4n) is 3.52. The standard InChI is InChI=1S/C13H19NO2.C11H17NO.C4H8O.Al.Li.4H/c1-4-16-13(15)5-6-14-12-8-10(2)7-11(3)9-12;1-9-6-10(2)8-11(7-9)12-4-3-5-13;1-2-4-5-3-1;;;;;;/h7-9,14H,4-6H2,1-3H3;6-8,12-13H,3-5H2,1-2H3;1-4H2;;;;;;/q;;;;+1;;;;-1. The quantitative estimate of drug-likeness (QED) is 0.270. The topological polar surface area (TPSA) is 79.8 Å². The Bertz CT molecular complexity index is 807. The van der Waals surface area contributed by atoms with Gasteiger partial charge in [-0.05, 0) is 100 Å². The summed E-state index contributed by atoms with van der Waals surface area (Å²) in [7, 11) is 0. The molecule has 198 valence electrons. The summed E-state index contributed by atoms with van der Waals surface area (Å²) in [5, 5.41) is 15.1. The van der Waals surface area contributed by atoms with E-state index in [-0.39, 0.29) is 50.2 Å². The van der Waals surface area contributed by atoms with Gasteiger partial charge in [-0.3, -0.25) is 4.79 Å². The van der Waals surface area contributed by atoms with Crippen molar-refractivity contribution < 1.29 is 39.7 Å². The Morgan fingerprint density at radius 1 is 0.889 bits per heavy atom. The summed E-state index contributed by atoms with van der Waals surface area (Å²) in [6.45, 7) is 14.2. The summed E-state index contributed by atoms with van der Waals surface area (Å²) in [5.74, 6) is -0.153. The molecule has 2 aromatic carbocycles. The van der Waals surface area contributed by atoms with Gasteiger partial charge in [-0.15, -0.1) is 0 Å². The van der Waals surface area contributed by atoms with E-state index in [4.69, 9.17) is 14.6 Å². The normalized spacial score (nSPS) is 11.4. The Balaban J connectivity index is -0.000000496. The van der Waals surface area contributed by atoms with E-state index < -0.39 is 0 Å². The molecule has 0 saturated carbocycles. The molecule has 0 aliphatic carbocycles. The number of nitrogens with one attached hydrogen (secondary N) is 2. The van der Waals surface area contributed by atoms with E-state index in [2.05, 4.69) is 74.7 Å². The van der Waals surface area contributed by atoms with E-state index in [0.29, 0.717) is 19.6 Å². The predicted octanol–water partition coefficient (Wildman–Crippen LogP) is 1.50. The zero-order valence-corrected chi connectivity index (χ0v) is 22.7. The molecule has 1 fully saturated rings. The summed E-state index contributed by atoms with van der Waals surface area (Å²) in [5.41, 5.74) is 7.18. The van der Waals surface area contributed by atoms with Crippen molar-refractivity contribution in [2.24, 2.45) is 0 Å².